The van der Waals surface area contributed by atoms with Crippen molar-refractivity contribution in [3.05, 3.63) is 48.6 Å². The van der Waals surface area contributed by atoms with Gasteiger partial charge in [0.05, 0.1) is 12.7 Å². The summed E-state index contributed by atoms with van der Waals surface area (Å²) in [4.78, 5) is 42.8. The third-order valence-electron chi connectivity index (χ3n) is 8.41. The molecule has 0 bridgehead atoms. The van der Waals surface area contributed by atoms with Gasteiger partial charge in [-0.25, -0.2) is 4.57 Å². The molecule has 0 heterocycles. The molecule has 0 saturated carbocycles. The van der Waals surface area contributed by atoms with Crippen molar-refractivity contribution in [2.45, 2.75) is 187 Å². The van der Waals surface area contributed by atoms with Crippen LogP contribution in [0.25, 0.3) is 0 Å². The molecule has 51 heavy (non-hydrogen) atoms. The van der Waals surface area contributed by atoms with Gasteiger partial charge in [-0.2, -0.15) is 0 Å². The maximum Gasteiger partial charge on any atom is 0.469 e. The largest absolute Gasteiger partial charge is 0.469 e. The first-order chi connectivity index (χ1) is 24.7. The van der Waals surface area contributed by atoms with E-state index in [1.807, 2.05) is 24.3 Å². The van der Waals surface area contributed by atoms with Gasteiger partial charge in [-0.3, -0.25) is 14.1 Å². The van der Waals surface area contributed by atoms with Gasteiger partial charge >= 0.3 is 19.8 Å². The van der Waals surface area contributed by atoms with Crippen LogP contribution in [0.4, 0.5) is 0 Å². The second kappa shape index (κ2) is 36.3. The maximum atomic E-state index is 12.4. The van der Waals surface area contributed by atoms with Crippen molar-refractivity contribution in [2.75, 3.05) is 13.2 Å². The number of unbranched alkanes of at least 4 members (excludes halogenated alkanes) is 18. The van der Waals surface area contributed by atoms with E-state index >= 15 is 0 Å². The minimum atomic E-state index is -4.77. The molecule has 0 aliphatic carbocycles. The van der Waals surface area contributed by atoms with Crippen molar-refractivity contribution in [2.24, 2.45) is 0 Å². The van der Waals surface area contributed by atoms with Crippen molar-refractivity contribution in [3.8, 4) is 0 Å². The highest BCUT2D eigenvalue weighted by atomic mass is 31.2. The van der Waals surface area contributed by atoms with E-state index in [4.69, 9.17) is 19.3 Å². The predicted octanol–water partition coefficient (Wildman–Crippen LogP) is 10.9. The SMILES string of the molecule is CC/C=C/CC(O)/C=C/C=C/CCCCCCCC(=O)OC[C@H](COP(=O)(O)O)OC(=O)CCCCCCCCC/C=C\CCCCCCCC. The number of aliphatic hydroxyl groups excluding tert-OH is 1. The van der Waals surface area contributed by atoms with E-state index < -0.39 is 38.6 Å². The first kappa shape index (κ1) is 49.0. The van der Waals surface area contributed by atoms with Crippen LogP contribution in [0.3, 0.4) is 0 Å². The van der Waals surface area contributed by atoms with Gasteiger partial charge in [-0.1, -0.05) is 146 Å². The molecule has 0 rings (SSSR count). The summed E-state index contributed by atoms with van der Waals surface area (Å²) < 4.78 is 26.3. The first-order valence-corrected chi connectivity index (χ1v) is 21.6. The van der Waals surface area contributed by atoms with Crippen LogP contribution in [0.2, 0.25) is 0 Å². The monoisotopic (exact) mass is 740 g/mol. The molecule has 1 unspecified atom stereocenters. The fraction of sp³-hybridized carbons (Fsp3) is 0.756. The molecular weight excluding hydrogens is 667 g/mol. The number of carbonyl (C=O) groups is 2. The lowest BCUT2D eigenvalue weighted by Crippen LogP contribution is -2.29. The molecule has 0 aromatic carbocycles. The number of rotatable bonds is 36. The van der Waals surface area contributed by atoms with Gasteiger partial charge in [0.15, 0.2) is 6.10 Å². The number of carbonyl (C=O) groups excluding carboxylic acids is 2. The Balaban J connectivity index is 4.01. The second-order valence-electron chi connectivity index (χ2n) is 13.4. The van der Waals surface area contributed by atoms with Crippen molar-refractivity contribution in [3.63, 3.8) is 0 Å². The lowest BCUT2D eigenvalue weighted by atomic mass is 10.1. The summed E-state index contributed by atoms with van der Waals surface area (Å²) in [5, 5.41) is 9.83. The molecule has 3 N–H and O–H groups in total. The lowest BCUT2D eigenvalue weighted by Gasteiger charge is -2.18. The number of hydrogen-bond donors (Lipinski definition) is 3. The van der Waals surface area contributed by atoms with Gasteiger partial charge in [0.1, 0.15) is 6.61 Å². The Hall–Kier alpha value is -2.03. The molecule has 0 aromatic rings. The summed E-state index contributed by atoms with van der Waals surface area (Å²) in [6, 6.07) is 0. The zero-order chi connectivity index (χ0) is 37.7. The van der Waals surface area contributed by atoms with E-state index in [0.717, 1.165) is 64.2 Å². The van der Waals surface area contributed by atoms with E-state index in [1.165, 1.54) is 64.2 Å². The number of allylic oxidation sites excluding steroid dienone is 6. The number of phosphoric ester groups is 1. The van der Waals surface area contributed by atoms with Gasteiger partial charge in [0.2, 0.25) is 0 Å². The van der Waals surface area contributed by atoms with Crippen LogP contribution < -0.4 is 0 Å². The molecule has 0 aliphatic rings. The minimum Gasteiger partial charge on any atom is -0.462 e. The molecule has 9 nitrogen and oxygen atoms in total. The van der Waals surface area contributed by atoms with E-state index in [1.54, 1.807) is 6.08 Å². The standard InChI is InChI=1S/C41H73O9P/c1-3-5-7-8-9-10-11-12-13-14-15-16-17-20-24-27-31-35-41(44)50-39(37-49-51(45,46)47)36-48-40(43)34-30-26-23-21-18-19-22-25-29-33-38(42)32-28-6-4-2/h6,12-13,22,25,28-29,33,38-39,42H,3-5,7-11,14-21,23-24,26-27,30-32,34-37H2,1-2H3,(H2,45,46,47)/b13-12-,25-22+,28-6+,33-29+/t38?,39-/m1/s1. The predicted molar refractivity (Wildman–Crippen MR) is 208 cm³/mol. The summed E-state index contributed by atoms with van der Waals surface area (Å²) in [6.07, 6.45) is 40.2. The van der Waals surface area contributed by atoms with Crippen LogP contribution in [0.15, 0.2) is 48.6 Å². The van der Waals surface area contributed by atoms with Crippen LogP contribution in [0, 0.1) is 0 Å². The Bertz CT molecular complexity index is 986. The van der Waals surface area contributed by atoms with Gasteiger partial charge in [0.25, 0.3) is 0 Å². The van der Waals surface area contributed by atoms with Crippen molar-refractivity contribution < 1.29 is 43.0 Å². The Morgan fingerprint density at radius 3 is 1.67 bits per heavy atom. The second-order valence-corrected chi connectivity index (χ2v) is 14.7. The Labute approximate surface area is 310 Å². The highest BCUT2D eigenvalue weighted by molar-refractivity contribution is 7.46. The molecule has 10 heteroatoms. The number of esters is 2. The van der Waals surface area contributed by atoms with Gasteiger partial charge in [0, 0.05) is 12.8 Å². The molecule has 0 amide bonds. The van der Waals surface area contributed by atoms with Crippen molar-refractivity contribution in [1.29, 1.82) is 0 Å². The quantitative estimate of drug-likeness (QED) is 0.0188. The average molecular weight is 741 g/mol. The van der Waals surface area contributed by atoms with Gasteiger partial charge < -0.3 is 24.4 Å². The number of ether oxygens (including phenoxy) is 2. The van der Waals surface area contributed by atoms with E-state index in [9.17, 15) is 19.3 Å². The molecule has 0 radical (unpaired) electrons. The Morgan fingerprint density at radius 1 is 0.608 bits per heavy atom. The molecule has 0 spiro atoms. The Kier molecular flexibility index (Phi) is 34.9. The van der Waals surface area contributed by atoms with Crippen LogP contribution in [-0.2, 0) is 28.2 Å². The van der Waals surface area contributed by atoms with Gasteiger partial charge in [-0.15, -0.1) is 0 Å². The molecule has 296 valence electrons. The third-order valence-corrected chi connectivity index (χ3v) is 8.90. The summed E-state index contributed by atoms with van der Waals surface area (Å²) >= 11 is 0. The Morgan fingerprint density at radius 2 is 1.12 bits per heavy atom. The zero-order valence-corrected chi connectivity index (χ0v) is 33.0. The third kappa shape index (κ3) is 39.0. The molecule has 0 saturated heterocycles. The normalized spacial score (nSPS) is 13.6. The van der Waals surface area contributed by atoms with Crippen LogP contribution >= 0.6 is 7.82 Å². The van der Waals surface area contributed by atoms with Crippen LogP contribution in [-0.4, -0.2) is 52.3 Å². The van der Waals surface area contributed by atoms with E-state index in [0.29, 0.717) is 19.3 Å². The van der Waals surface area contributed by atoms with E-state index in [-0.39, 0.29) is 19.4 Å². The lowest BCUT2D eigenvalue weighted by molar-refractivity contribution is -0.161. The molecule has 0 aliphatic heterocycles. The summed E-state index contributed by atoms with van der Waals surface area (Å²) in [5.41, 5.74) is 0. The summed E-state index contributed by atoms with van der Waals surface area (Å²) in [6.45, 7) is 3.44. The molecule has 2 atom stereocenters. The summed E-state index contributed by atoms with van der Waals surface area (Å²) in [7, 11) is -4.77. The zero-order valence-electron chi connectivity index (χ0n) is 32.1. The van der Waals surface area contributed by atoms with E-state index in [2.05, 4.69) is 36.6 Å². The minimum absolute atomic E-state index is 0.191. The number of phosphoric acid groups is 1. The summed E-state index contributed by atoms with van der Waals surface area (Å²) in [5.74, 6) is -0.945. The van der Waals surface area contributed by atoms with Crippen molar-refractivity contribution in [1.82, 2.24) is 0 Å². The van der Waals surface area contributed by atoms with Crippen LogP contribution in [0.1, 0.15) is 174 Å². The fourth-order valence-corrected chi connectivity index (χ4v) is 5.76. The fourth-order valence-electron chi connectivity index (χ4n) is 5.40. The molecular formula is C41H73O9P. The highest BCUT2D eigenvalue weighted by Crippen LogP contribution is 2.36. The highest BCUT2D eigenvalue weighted by Gasteiger charge is 2.22. The number of aliphatic hydroxyl groups is 1. The average Bonchev–Trinajstić information content (AvgIpc) is 3.09. The maximum absolute atomic E-state index is 12.4. The number of hydrogen-bond acceptors (Lipinski definition) is 7. The first-order valence-electron chi connectivity index (χ1n) is 20.0. The molecule has 0 fully saturated rings. The van der Waals surface area contributed by atoms with Crippen LogP contribution in [0.5, 0.6) is 0 Å². The topological polar surface area (TPSA) is 140 Å². The van der Waals surface area contributed by atoms with Crippen molar-refractivity contribution >= 4 is 19.8 Å². The van der Waals surface area contributed by atoms with Gasteiger partial charge in [-0.05, 0) is 64.2 Å². The smallest absolute Gasteiger partial charge is 0.462 e. The molecule has 0 aromatic heterocycles.